The van der Waals surface area contributed by atoms with E-state index in [2.05, 4.69) is 39.7 Å². The summed E-state index contributed by atoms with van der Waals surface area (Å²) in [4.78, 5) is 13.3. The van der Waals surface area contributed by atoms with Crippen LogP contribution in [0.1, 0.15) is 43.5 Å². The number of pyridine rings is 1. The number of nitrogens with zero attached hydrogens (tertiary/aromatic N) is 4. The number of ether oxygens (including phenoxy) is 1. The lowest BCUT2D eigenvalue weighted by molar-refractivity contribution is 0.0341. The lowest BCUT2D eigenvalue weighted by Crippen LogP contribution is -2.35. The zero-order chi connectivity index (χ0) is 24.2. The van der Waals surface area contributed by atoms with Crippen LogP contribution in [0.2, 0.25) is 0 Å². The number of allylic oxidation sites excluding steroid dienone is 3. The van der Waals surface area contributed by atoms with Gasteiger partial charge in [-0.25, -0.2) is 4.98 Å². The van der Waals surface area contributed by atoms with E-state index in [-0.39, 0.29) is 0 Å². The van der Waals surface area contributed by atoms with Crippen LogP contribution in [-0.4, -0.2) is 71.9 Å². The summed E-state index contributed by atoms with van der Waals surface area (Å²) >= 11 is 0. The second-order valence-corrected chi connectivity index (χ2v) is 8.76. The lowest BCUT2D eigenvalue weighted by Gasteiger charge is -2.28. The summed E-state index contributed by atoms with van der Waals surface area (Å²) in [5.41, 5.74) is 1.89. The van der Waals surface area contributed by atoms with Crippen LogP contribution in [0, 0.1) is 5.92 Å². The molecular weight excluding hydrogens is 430 g/mol. The van der Waals surface area contributed by atoms with Crippen molar-refractivity contribution in [3.05, 3.63) is 60.5 Å². The summed E-state index contributed by atoms with van der Waals surface area (Å²) in [6.45, 7) is 11.8. The topological polar surface area (TPSA) is 93.5 Å². The summed E-state index contributed by atoms with van der Waals surface area (Å²) in [6.07, 6.45) is 13.1. The fourth-order valence-electron chi connectivity index (χ4n) is 4.24. The van der Waals surface area contributed by atoms with Crippen molar-refractivity contribution in [3.8, 4) is 0 Å². The predicted molar refractivity (Wildman–Crippen MR) is 137 cm³/mol. The predicted octanol–water partition coefficient (Wildman–Crippen LogP) is 2.77. The van der Waals surface area contributed by atoms with E-state index in [1.807, 2.05) is 18.3 Å². The molecule has 8 nitrogen and oxygen atoms in total. The smallest absolute Gasteiger partial charge is 0.153 e. The first kappa shape index (κ1) is 26.1. The Morgan fingerprint density at radius 3 is 2.85 bits per heavy atom. The molecule has 1 aromatic heterocycles. The maximum atomic E-state index is 11.0. The van der Waals surface area contributed by atoms with Crippen molar-refractivity contribution in [2.75, 3.05) is 44.3 Å². The third kappa shape index (κ3) is 8.06. The Kier molecular flexibility index (Phi) is 10.8. The molecule has 0 radical (unpaired) electrons. The van der Waals surface area contributed by atoms with Crippen LogP contribution in [0.3, 0.4) is 0 Å². The van der Waals surface area contributed by atoms with Gasteiger partial charge in [0.15, 0.2) is 6.23 Å². The van der Waals surface area contributed by atoms with E-state index in [4.69, 9.17) is 9.72 Å². The number of aliphatic hydroxyl groups is 2. The molecule has 34 heavy (non-hydrogen) atoms. The Hall–Kier alpha value is -2.52. The van der Waals surface area contributed by atoms with Crippen LogP contribution in [0.15, 0.2) is 54.3 Å². The third-order valence-corrected chi connectivity index (χ3v) is 6.23. The van der Waals surface area contributed by atoms with Gasteiger partial charge in [0.05, 0.1) is 13.2 Å². The summed E-state index contributed by atoms with van der Waals surface area (Å²) in [6, 6.07) is 2.08. The van der Waals surface area contributed by atoms with Crippen LogP contribution < -0.4 is 10.2 Å². The standard InChI is InChI=1S/C26H39N5O3/c1-3-10-27-24(32)8-6-5-7-11-28-26(33)23-17-22(19-30-13-15-34-16-14-30)18-29-25(23)31-12-9-21(4-2)20-31/h3,5-7,10-11,17-18,21,24,26,28,32-33H,1,4,8-9,12-16,19-20H2,2H3/b6-5+,11-7+,27-10+/t21?,24-,26?/m1/s1. The first-order chi connectivity index (χ1) is 16.6. The minimum absolute atomic E-state index is 0.405. The quantitative estimate of drug-likeness (QED) is 0.246. The van der Waals surface area contributed by atoms with E-state index >= 15 is 0 Å². The van der Waals surface area contributed by atoms with Crippen molar-refractivity contribution in [1.82, 2.24) is 15.2 Å². The Bertz CT molecular complexity index is 851. The summed E-state index contributed by atoms with van der Waals surface area (Å²) in [7, 11) is 0. The molecule has 1 aromatic rings. The number of nitrogens with one attached hydrogen (secondary N) is 1. The molecule has 2 unspecified atom stereocenters. The van der Waals surface area contributed by atoms with Gasteiger partial charge < -0.3 is 25.2 Å². The lowest BCUT2D eigenvalue weighted by atomic mass is 10.1. The Labute approximate surface area is 203 Å². The van der Waals surface area contributed by atoms with Crippen molar-refractivity contribution in [3.63, 3.8) is 0 Å². The number of anilines is 1. The normalized spacial score (nSPS) is 21.6. The number of hydrogen-bond acceptors (Lipinski definition) is 8. The number of rotatable bonds is 12. The maximum Gasteiger partial charge on any atom is 0.153 e. The van der Waals surface area contributed by atoms with E-state index in [0.29, 0.717) is 12.3 Å². The van der Waals surface area contributed by atoms with Crippen molar-refractivity contribution < 1.29 is 14.9 Å². The zero-order valence-electron chi connectivity index (χ0n) is 20.2. The van der Waals surface area contributed by atoms with Gasteiger partial charge in [-0.1, -0.05) is 38.2 Å². The number of aromatic nitrogens is 1. The Morgan fingerprint density at radius 2 is 2.12 bits per heavy atom. The van der Waals surface area contributed by atoms with E-state index in [1.165, 1.54) is 12.3 Å². The van der Waals surface area contributed by atoms with Gasteiger partial charge >= 0.3 is 0 Å². The average Bonchev–Trinajstić information content (AvgIpc) is 3.34. The van der Waals surface area contributed by atoms with Crippen molar-refractivity contribution in [2.24, 2.45) is 10.9 Å². The monoisotopic (exact) mass is 469 g/mol. The number of aliphatic hydroxyl groups excluding tert-OH is 2. The minimum atomic E-state index is -0.875. The van der Waals surface area contributed by atoms with Crippen LogP contribution in [0.5, 0.6) is 0 Å². The average molecular weight is 470 g/mol. The Morgan fingerprint density at radius 1 is 1.29 bits per heavy atom. The molecule has 8 heteroatoms. The highest BCUT2D eigenvalue weighted by molar-refractivity contribution is 5.70. The summed E-state index contributed by atoms with van der Waals surface area (Å²) < 4.78 is 5.46. The van der Waals surface area contributed by atoms with E-state index in [0.717, 1.165) is 75.7 Å². The van der Waals surface area contributed by atoms with Gasteiger partial charge in [-0.15, -0.1) is 0 Å². The minimum Gasteiger partial charge on any atom is -0.379 e. The van der Waals surface area contributed by atoms with Crippen LogP contribution in [0.25, 0.3) is 0 Å². The molecule has 2 aliphatic rings. The second-order valence-electron chi connectivity index (χ2n) is 8.76. The first-order valence-electron chi connectivity index (χ1n) is 12.2. The third-order valence-electron chi connectivity index (χ3n) is 6.23. The number of aliphatic imine (C=N–C) groups is 1. The molecule has 3 rings (SSSR count). The molecule has 2 saturated heterocycles. The molecule has 3 heterocycles. The van der Waals surface area contributed by atoms with Crippen molar-refractivity contribution in [1.29, 1.82) is 0 Å². The maximum absolute atomic E-state index is 11.0. The molecule has 0 bridgehead atoms. The van der Waals surface area contributed by atoms with Gasteiger partial charge in [0.2, 0.25) is 0 Å². The summed E-state index contributed by atoms with van der Waals surface area (Å²) in [5, 5.41) is 23.8. The molecule has 3 N–H and O–H groups in total. The molecule has 2 aliphatic heterocycles. The molecule has 0 saturated carbocycles. The molecular formula is C26H39N5O3. The van der Waals surface area contributed by atoms with E-state index in [1.54, 1.807) is 12.3 Å². The second kappa shape index (κ2) is 14.0. The van der Waals surface area contributed by atoms with Crippen LogP contribution in [-0.2, 0) is 11.3 Å². The van der Waals surface area contributed by atoms with Gasteiger partial charge in [-0.2, -0.15) is 0 Å². The van der Waals surface area contributed by atoms with Crippen molar-refractivity contribution >= 4 is 12.0 Å². The highest BCUT2D eigenvalue weighted by Gasteiger charge is 2.26. The largest absolute Gasteiger partial charge is 0.379 e. The van der Waals surface area contributed by atoms with Gasteiger partial charge in [0.25, 0.3) is 0 Å². The first-order valence-corrected chi connectivity index (χ1v) is 12.2. The molecule has 0 amide bonds. The number of hydrogen-bond donors (Lipinski definition) is 3. The fourth-order valence-corrected chi connectivity index (χ4v) is 4.24. The van der Waals surface area contributed by atoms with Gasteiger partial charge in [-0.3, -0.25) is 9.89 Å². The highest BCUT2D eigenvalue weighted by atomic mass is 16.5. The molecule has 0 aliphatic carbocycles. The van der Waals surface area contributed by atoms with Crippen LogP contribution >= 0.6 is 0 Å². The molecule has 2 fully saturated rings. The molecule has 3 atom stereocenters. The van der Waals surface area contributed by atoms with Gasteiger partial charge in [0, 0.05) is 57.1 Å². The highest BCUT2D eigenvalue weighted by Crippen LogP contribution is 2.30. The van der Waals surface area contributed by atoms with Crippen molar-refractivity contribution in [2.45, 2.75) is 45.2 Å². The van der Waals surface area contributed by atoms with Gasteiger partial charge in [-0.05, 0) is 36.2 Å². The molecule has 0 aromatic carbocycles. The molecule has 186 valence electrons. The summed E-state index contributed by atoms with van der Waals surface area (Å²) in [5.74, 6) is 1.53. The fraction of sp³-hybridized carbons (Fsp3) is 0.538. The Balaban J connectivity index is 1.66. The van der Waals surface area contributed by atoms with E-state index < -0.39 is 12.5 Å². The van der Waals surface area contributed by atoms with Gasteiger partial charge in [0.1, 0.15) is 12.0 Å². The van der Waals surface area contributed by atoms with E-state index in [9.17, 15) is 10.2 Å². The molecule has 0 spiro atoms. The SMILES string of the molecule is C=C/C=N/[C@H](O)C/C=C/C=C/NC(O)c1cc(CN2CCOCC2)cnc1N1CCC(CC)C1. The zero-order valence-corrected chi connectivity index (χ0v) is 20.2. The number of morpholine rings is 1. The van der Waals surface area contributed by atoms with Crippen LogP contribution in [0.4, 0.5) is 5.82 Å².